The van der Waals surface area contributed by atoms with Gasteiger partial charge in [-0.25, -0.2) is 0 Å². The Kier molecular flexibility index (Phi) is 4.96. The van der Waals surface area contributed by atoms with Gasteiger partial charge in [0.15, 0.2) is 0 Å². The van der Waals surface area contributed by atoms with Crippen molar-refractivity contribution < 1.29 is 9.59 Å². The molecule has 0 radical (unpaired) electrons. The Morgan fingerprint density at radius 2 is 1.85 bits per heavy atom. The van der Waals surface area contributed by atoms with Crippen molar-refractivity contribution in [3.05, 3.63) is 36.0 Å². The van der Waals surface area contributed by atoms with E-state index in [1.165, 1.54) is 23.8 Å². The molecule has 2 atom stereocenters. The predicted octanol–water partition coefficient (Wildman–Crippen LogP) is 2.87. The number of carbonyl (C=O) groups is 2. The Labute approximate surface area is 154 Å². The van der Waals surface area contributed by atoms with Crippen LogP contribution in [-0.4, -0.2) is 41.3 Å². The standard InChI is InChI=1S/C21H27N3O2/c25-20(17-13-18(17)21(26)24-11-5-1-2-6-12-24)22-10-9-15-14-23-19-8-4-3-7-16(15)19/h3-4,7-8,14,17-18,23H,1-2,5-6,9-13H2,(H,22,25). The molecule has 1 aliphatic heterocycles. The van der Waals surface area contributed by atoms with E-state index in [1.54, 1.807) is 0 Å². The maximum absolute atomic E-state index is 12.6. The lowest BCUT2D eigenvalue weighted by Gasteiger charge is -2.20. The van der Waals surface area contributed by atoms with E-state index in [9.17, 15) is 9.59 Å². The van der Waals surface area contributed by atoms with Gasteiger partial charge in [-0.3, -0.25) is 9.59 Å². The molecule has 5 nitrogen and oxygen atoms in total. The third kappa shape index (κ3) is 3.62. The monoisotopic (exact) mass is 353 g/mol. The second kappa shape index (κ2) is 7.52. The zero-order valence-corrected chi connectivity index (χ0v) is 15.2. The summed E-state index contributed by atoms with van der Waals surface area (Å²) in [4.78, 5) is 30.2. The lowest BCUT2D eigenvalue weighted by Crippen LogP contribution is -2.35. The number of rotatable bonds is 5. The summed E-state index contributed by atoms with van der Waals surface area (Å²) < 4.78 is 0. The van der Waals surface area contributed by atoms with E-state index in [0.717, 1.165) is 37.9 Å². The number of benzene rings is 1. The highest BCUT2D eigenvalue weighted by Crippen LogP contribution is 2.40. The molecule has 1 aromatic heterocycles. The quantitative estimate of drug-likeness (QED) is 0.868. The van der Waals surface area contributed by atoms with Gasteiger partial charge >= 0.3 is 0 Å². The van der Waals surface area contributed by atoms with Crippen molar-refractivity contribution in [2.24, 2.45) is 11.8 Å². The van der Waals surface area contributed by atoms with Crippen molar-refractivity contribution in [2.75, 3.05) is 19.6 Å². The summed E-state index contributed by atoms with van der Waals surface area (Å²) in [5.41, 5.74) is 2.34. The first-order valence-electron chi connectivity index (χ1n) is 9.85. The van der Waals surface area contributed by atoms with Crippen molar-refractivity contribution in [1.82, 2.24) is 15.2 Å². The molecule has 4 rings (SSSR count). The number of likely N-dealkylation sites (tertiary alicyclic amines) is 1. The van der Waals surface area contributed by atoms with Crippen LogP contribution < -0.4 is 5.32 Å². The third-order valence-electron chi connectivity index (χ3n) is 5.73. The highest BCUT2D eigenvalue weighted by molar-refractivity contribution is 5.92. The summed E-state index contributed by atoms with van der Waals surface area (Å²) >= 11 is 0. The predicted molar refractivity (Wildman–Crippen MR) is 102 cm³/mol. The van der Waals surface area contributed by atoms with Gasteiger partial charge in [0, 0.05) is 36.7 Å². The first-order chi connectivity index (χ1) is 12.7. The molecular formula is C21H27N3O2. The normalized spacial score (nSPS) is 22.8. The van der Waals surface area contributed by atoms with Gasteiger partial charge in [0.2, 0.25) is 11.8 Å². The zero-order valence-electron chi connectivity index (χ0n) is 15.2. The van der Waals surface area contributed by atoms with Crippen LogP contribution in [0.15, 0.2) is 30.5 Å². The number of H-pyrrole nitrogens is 1. The van der Waals surface area contributed by atoms with E-state index in [2.05, 4.69) is 22.4 Å². The number of nitrogens with one attached hydrogen (secondary N) is 2. The van der Waals surface area contributed by atoms with Crippen LogP contribution in [0.4, 0.5) is 0 Å². The Morgan fingerprint density at radius 1 is 1.08 bits per heavy atom. The second-order valence-electron chi connectivity index (χ2n) is 7.59. The first-order valence-corrected chi connectivity index (χ1v) is 9.85. The van der Waals surface area contributed by atoms with E-state index in [4.69, 9.17) is 0 Å². The molecule has 0 bridgehead atoms. The molecular weight excluding hydrogens is 326 g/mol. The van der Waals surface area contributed by atoms with E-state index >= 15 is 0 Å². The van der Waals surface area contributed by atoms with E-state index in [0.29, 0.717) is 13.0 Å². The smallest absolute Gasteiger partial charge is 0.226 e. The van der Waals surface area contributed by atoms with Gasteiger partial charge in [0.1, 0.15) is 0 Å². The van der Waals surface area contributed by atoms with Crippen LogP contribution in [0.3, 0.4) is 0 Å². The number of carbonyl (C=O) groups excluding carboxylic acids is 2. The van der Waals surface area contributed by atoms with Gasteiger partial charge in [-0.1, -0.05) is 31.0 Å². The summed E-state index contributed by atoms with van der Waals surface area (Å²) in [5.74, 6) is 0.0385. The Balaban J connectivity index is 1.25. The number of aromatic nitrogens is 1. The molecule has 2 unspecified atom stereocenters. The van der Waals surface area contributed by atoms with Gasteiger partial charge in [0.25, 0.3) is 0 Å². The van der Waals surface area contributed by atoms with Crippen molar-refractivity contribution in [1.29, 1.82) is 0 Å². The largest absolute Gasteiger partial charge is 0.361 e. The second-order valence-corrected chi connectivity index (χ2v) is 7.59. The number of para-hydroxylation sites is 1. The SMILES string of the molecule is O=C(NCCc1c[nH]c2ccccc12)C1CC1C(=O)N1CCCCCC1. The number of hydrogen-bond donors (Lipinski definition) is 2. The van der Waals surface area contributed by atoms with Crippen molar-refractivity contribution >= 4 is 22.7 Å². The summed E-state index contributed by atoms with van der Waals surface area (Å²) in [6.45, 7) is 2.34. The molecule has 2 aromatic rings. The summed E-state index contributed by atoms with van der Waals surface area (Å²) in [5, 5.41) is 4.23. The molecule has 1 aliphatic carbocycles. The average Bonchev–Trinajstić information content (AvgIpc) is 3.42. The Hall–Kier alpha value is -2.30. The lowest BCUT2D eigenvalue weighted by molar-refractivity contribution is -0.134. The molecule has 1 aromatic carbocycles. The molecule has 26 heavy (non-hydrogen) atoms. The highest BCUT2D eigenvalue weighted by atomic mass is 16.2. The van der Waals surface area contributed by atoms with Gasteiger partial charge in [-0.15, -0.1) is 0 Å². The van der Waals surface area contributed by atoms with Gasteiger partial charge < -0.3 is 15.2 Å². The van der Waals surface area contributed by atoms with Crippen molar-refractivity contribution in [3.8, 4) is 0 Å². The number of fused-ring (bicyclic) bond motifs is 1. The maximum Gasteiger partial charge on any atom is 0.226 e. The lowest BCUT2D eigenvalue weighted by atomic mass is 10.1. The van der Waals surface area contributed by atoms with Crippen LogP contribution in [0.1, 0.15) is 37.7 Å². The fourth-order valence-electron chi connectivity index (χ4n) is 4.07. The van der Waals surface area contributed by atoms with Crippen LogP contribution in [0.2, 0.25) is 0 Å². The molecule has 2 N–H and O–H groups in total. The molecule has 2 aliphatic rings. The fraction of sp³-hybridized carbons (Fsp3) is 0.524. The van der Waals surface area contributed by atoms with Gasteiger partial charge in [-0.05, 0) is 37.3 Å². The van der Waals surface area contributed by atoms with E-state index < -0.39 is 0 Å². The highest BCUT2D eigenvalue weighted by Gasteiger charge is 2.49. The topological polar surface area (TPSA) is 65.2 Å². The Morgan fingerprint density at radius 3 is 2.65 bits per heavy atom. The van der Waals surface area contributed by atoms with Crippen molar-refractivity contribution in [3.63, 3.8) is 0 Å². The molecule has 2 amide bonds. The van der Waals surface area contributed by atoms with E-state index in [-0.39, 0.29) is 23.7 Å². The average molecular weight is 353 g/mol. The Bertz CT molecular complexity index is 789. The maximum atomic E-state index is 12.6. The first kappa shape index (κ1) is 17.1. The molecule has 0 spiro atoms. The molecule has 2 heterocycles. The van der Waals surface area contributed by atoms with Crippen molar-refractivity contribution in [2.45, 2.75) is 38.5 Å². The molecule has 1 saturated heterocycles. The molecule has 5 heteroatoms. The van der Waals surface area contributed by atoms with Crippen LogP contribution in [0, 0.1) is 11.8 Å². The fourth-order valence-corrected chi connectivity index (χ4v) is 4.07. The number of aromatic amines is 1. The minimum Gasteiger partial charge on any atom is -0.361 e. The molecule has 138 valence electrons. The molecule has 2 fully saturated rings. The number of nitrogens with zero attached hydrogens (tertiary/aromatic N) is 1. The van der Waals surface area contributed by atoms with E-state index in [1.807, 2.05) is 23.2 Å². The molecule has 1 saturated carbocycles. The third-order valence-corrected chi connectivity index (χ3v) is 5.73. The van der Waals surface area contributed by atoms with Gasteiger partial charge in [0.05, 0.1) is 11.8 Å². The zero-order chi connectivity index (χ0) is 17.9. The van der Waals surface area contributed by atoms with Gasteiger partial charge in [-0.2, -0.15) is 0 Å². The summed E-state index contributed by atoms with van der Waals surface area (Å²) in [6.07, 6.45) is 8.15. The van der Waals surface area contributed by atoms with Crippen LogP contribution in [0.5, 0.6) is 0 Å². The van der Waals surface area contributed by atoms with Crippen LogP contribution in [0.25, 0.3) is 10.9 Å². The number of hydrogen-bond acceptors (Lipinski definition) is 2. The summed E-state index contributed by atoms with van der Waals surface area (Å²) in [7, 11) is 0. The van der Waals surface area contributed by atoms with Crippen LogP contribution >= 0.6 is 0 Å². The number of amides is 2. The minimum atomic E-state index is -0.117. The van der Waals surface area contributed by atoms with Crippen LogP contribution in [-0.2, 0) is 16.0 Å². The minimum absolute atomic E-state index is 0.0398. The summed E-state index contributed by atoms with van der Waals surface area (Å²) in [6, 6.07) is 8.20.